The van der Waals surface area contributed by atoms with Crippen molar-refractivity contribution in [3.8, 4) is 0 Å². The SMILES string of the molecule is CCN(C)c1scc2ccccc12. The lowest BCUT2D eigenvalue weighted by Crippen LogP contribution is -2.14. The fraction of sp³-hybridized carbons (Fsp3) is 0.273. The van der Waals surface area contributed by atoms with Gasteiger partial charge in [0.25, 0.3) is 0 Å². The van der Waals surface area contributed by atoms with Gasteiger partial charge in [0.15, 0.2) is 0 Å². The average Bonchev–Trinajstić information content (AvgIpc) is 2.60. The summed E-state index contributed by atoms with van der Waals surface area (Å²) < 4.78 is 0. The van der Waals surface area contributed by atoms with Gasteiger partial charge in [-0.3, -0.25) is 0 Å². The molecular formula is C11H13NS. The lowest BCUT2D eigenvalue weighted by Gasteiger charge is -2.14. The summed E-state index contributed by atoms with van der Waals surface area (Å²) in [6, 6.07) is 8.54. The van der Waals surface area contributed by atoms with Crippen molar-refractivity contribution in [3.63, 3.8) is 0 Å². The maximum absolute atomic E-state index is 2.28. The molecule has 0 atom stereocenters. The molecule has 2 aromatic rings. The molecule has 2 rings (SSSR count). The molecule has 0 N–H and O–H groups in total. The molecule has 2 heteroatoms. The minimum absolute atomic E-state index is 1.06. The topological polar surface area (TPSA) is 3.24 Å². The zero-order chi connectivity index (χ0) is 9.26. The first-order valence-electron chi connectivity index (χ1n) is 4.50. The van der Waals surface area contributed by atoms with Crippen LogP contribution in [0.3, 0.4) is 0 Å². The Morgan fingerprint density at radius 1 is 1.31 bits per heavy atom. The van der Waals surface area contributed by atoms with E-state index in [4.69, 9.17) is 0 Å². The monoisotopic (exact) mass is 191 g/mol. The van der Waals surface area contributed by atoms with Crippen LogP contribution in [0.15, 0.2) is 29.6 Å². The van der Waals surface area contributed by atoms with Crippen LogP contribution in [0.2, 0.25) is 0 Å². The third-order valence-electron chi connectivity index (χ3n) is 2.31. The van der Waals surface area contributed by atoms with Crippen LogP contribution in [0.4, 0.5) is 5.00 Å². The fourth-order valence-corrected chi connectivity index (χ4v) is 2.48. The van der Waals surface area contributed by atoms with Gasteiger partial charge in [-0.05, 0) is 12.3 Å². The van der Waals surface area contributed by atoms with Gasteiger partial charge in [-0.2, -0.15) is 0 Å². The predicted octanol–water partition coefficient (Wildman–Crippen LogP) is 3.36. The number of benzene rings is 1. The quantitative estimate of drug-likeness (QED) is 0.703. The molecule has 0 saturated carbocycles. The molecule has 0 spiro atoms. The molecule has 0 fully saturated rings. The number of anilines is 1. The normalized spacial score (nSPS) is 10.6. The summed E-state index contributed by atoms with van der Waals surface area (Å²) in [5.41, 5.74) is 0. The second-order valence-electron chi connectivity index (χ2n) is 3.14. The van der Waals surface area contributed by atoms with Crippen LogP contribution in [-0.4, -0.2) is 13.6 Å². The molecule has 0 saturated heterocycles. The molecule has 0 unspecified atom stereocenters. The van der Waals surface area contributed by atoms with Crippen LogP contribution in [0.5, 0.6) is 0 Å². The van der Waals surface area contributed by atoms with Gasteiger partial charge in [0.1, 0.15) is 0 Å². The Morgan fingerprint density at radius 2 is 2.08 bits per heavy atom. The summed E-state index contributed by atoms with van der Waals surface area (Å²) in [6.45, 7) is 3.24. The van der Waals surface area contributed by atoms with E-state index in [1.165, 1.54) is 15.8 Å². The van der Waals surface area contributed by atoms with E-state index in [-0.39, 0.29) is 0 Å². The molecule has 0 aliphatic rings. The van der Waals surface area contributed by atoms with Crippen LogP contribution in [0.25, 0.3) is 10.8 Å². The fourth-order valence-electron chi connectivity index (χ4n) is 1.42. The second-order valence-corrected chi connectivity index (χ2v) is 4.00. The molecule has 1 aromatic carbocycles. The van der Waals surface area contributed by atoms with E-state index in [2.05, 4.69) is 48.5 Å². The smallest absolute Gasteiger partial charge is 0.0985 e. The highest BCUT2D eigenvalue weighted by atomic mass is 32.1. The van der Waals surface area contributed by atoms with Crippen molar-refractivity contribution in [2.24, 2.45) is 0 Å². The van der Waals surface area contributed by atoms with Gasteiger partial charge < -0.3 is 4.90 Å². The summed E-state index contributed by atoms with van der Waals surface area (Å²) in [7, 11) is 2.14. The number of fused-ring (bicyclic) bond motifs is 1. The van der Waals surface area contributed by atoms with Crippen molar-refractivity contribution in [1.29, 1.82) is 0 Å². The Balaban J connectivity index is 2.57. The van der Waals surface area contributed by atoms with Crippen molar-refractivity contribution in [1.82, 2.24) is 0 Å². The highest BCUT2D eigenvalue weighted by molar-refractivity contribution is 7.16. The van der Waals surface area contributed by atoms with Gasteiger partial charge in [-0.15, -0.1) is 11.3 Å². The van der Waals surface area contributed by atoms with Crippen molar-refractivity contribution in [3.05, 3.63) is 29.6 Å². The van der Waals surface area contributed by atoms with Crippen molar-refractivity contribution < 1.29 is 0 Å². The average molecular weight is 191 g/mol. The molecule has 68 valence electrons. The summed E-state index contributed by atoms with van der Waals surface area (Å²) in [4.78, 5) is 2.28. The molecule has 0 radical (unpaired) electrons. The zero-order valence-electron chi connectivity index (χ0n) is 7.95. The number of nitrogens with zero attached hydrogens (tertiary/aromatic N) is 1. The van der Waals surface area contributed by atoms with Crippen LogP contribution in [0, 0.1) is 0 Å². The lowest BCUT2D eigenvalue weighted by molar-refractivity contribution is 0.986. The lowest BCUT2D eigenvalue weighted by atomic mass is 10.2. The Kier molecular flexibility index (Phi) is 2.23. The maximum Gasteiger partial charge on any atom is 0.0985 e. The van der Waals surface area contributed by atoms with Crippen molar-refractivity contribution in [2.75, 3.05) is 18.5 Å². The summed E-state index contributed by atoms with van der Waals surface area (Å²) in [5, 5.41) is 6.31. The van der Waals surface area contributed by atoms with Gasteiger partial charge in [0.2, 0.25) is 0 Å². The van der Waals surface area contributed by atoms with Gasteiger partial charge in [0, 0.05) is 24.4 Å². The summed E-state index contributed by atoms with van der Waals surface area (Å²) in [5.74, 6) is 0. The Labute approximate surface area is 82.6 Å². The molecule has 0 bridgehead atoms. The molecule has 1 heterocycles. The highest BCUT2D eigenvalue weighted by Gasteiger charge is 2.05. The van der Waals surface area contributed by atoms with E-state index in [0.29, 0.717) is 0 Å². The first-order valence-corrected chi connectivity index (χ1v) is 5.38. The van der Waals surface area contributed by atoms with Crippen molar-refractivity contribution >= 4 is 27.1 Å². The first kappa shape index (κ1) is 8.57. The Morgan fingerprint density at radius 3 is 2.85 bits per heavy atom. The molecule has 0 aliphatic heterocycles. The van der Waals surface area contributed by atoms with Gasteiger partial charge in [-0.25, -0.2) is 0 Å². The van der Waals surface area contributed by atoms with Gasteiger partial charge in [0.05, 0.1) is 5.00 Å². The van der Waals surface area contributed by atoms with E-state index >= 15 is 0 Å². The first-order chi connectivity index (χ1) is 6.33. The van der Waals surface area contributed by atoms with Crippen LogP contribution < -0.4 is 4.90 Å². The molecule has 1 nitrogen and oxygen atoms in total. The van der Waals surface area contributed by atoms with Crippen molar-refractivity contribution in [2.45, 2.75) is 6.92 Å². The summed E-state index contributed by atoms with van der Waals surface area (Å²) >= 11 is 1.82. The van der Waals surface area contributed by atoms with E-state index in [9.17, 15) is 0 Å². The molecule has 13 heavy (non-hydrogen) atoms. The van der Waals surface area contributed by atoms with Crippen LogP contribution >= 0.6 is 11.3 Å². The minimum Gasteiger partial charge on any atom is -0.366 e. The third-order valence-corrected chi connectivity index (χ3v) is 3.44. The van der Waals surface area contributed by atoms with E-state index < -0.39 is 0 Å². The number of rotatable bonds is 2. The minimum atomic E-state index is 1.06. The number of thiophene rings is 1. The second kappa shape index (κ2) is 3.38. The zero-order valence-corrected chi connectivity index (χ0v) is 8.77. The number of hydrogen-bond donors (Lipinski definition) is 0. The van der Waals surface area contributed by atoms with E-state index in [1.807, 2.05) is 11.3 Å². The van der Waals surface area contributed by atoms with Crippen LogP contribution in [-0.2, 0) is 0 Å². The largest absolute Gasteiger partial charge is 0.366 e. The molecule has 0 amide bonds. The van der Waals surface area contributed by atoms with Gasteiger partial charge in [-0.1, -0.05) is 24.3 Å². The maximum atomic E-state index is 2.28. The highest BCUT2D eigenvalue weighted by Crippen LogP contribution is 2.32. The van der Waals surface area contributed by atoms with Crippen LogP contribution in [0.1, 0.15) is 6.92 Å². The Hall–Kier alpha value is -1.02. The van der Waals surface area contributed by atoms with E-state index in [0.717, 1.165) is 6.54 Å². The Bertz CT molecular complexity index is 405. The molecular weight excluding hydrogens is 178 g/mol. The summed E-state index contributed by atoms with van der Waals surface area (Å²) in [6.07, 6.45) is 0. The standard InChI is InChI=1S/C11H13NS/c1-3-12(2)11-10-7-5-4-6-9(10)8-13-11/h4-8H,3H2,1-2H3. The predicted molar refractivity (Wildman–Crippen MR) is 60.8 cm³/mol. The van der Waals surface area contributed by atoms with Gasteiger partial charge >= 0.3 is 0 Å². The molecule has 1 aromatic heterocycles. The third kappa shape index (κ3) is 1.42. The van der Waals surface area contributed by atoms with E-state index in [1.54, 1.807) is 0 Å². The molecule has 0 aliphatic carbocycles. The number of hydrogen-bond acceptors (Lipinski definition) is 2.